The fourth-order valence-corrected chi connectivity index (χ4v) is 2.78. The van der Waals surface area contributed by atoms with Crippen LogP contribution in [0.25, 0.3) is 0 Å². The van der Waals surface area contributed by atoms with E-state index in [9.17, 15) is 4.79 Å². The molecule has 2 aliphatic carbocycles. The van der Waals surface area contributed by atoms with Crippen LogP contribution in [0.3, 0.4) is 0 Å². The molecule has 0 saturated heterocycles. The summed E-state index contributed by atoms with van der Waals surface area (Å²) in [5, 5.41) is 6.34. The Hall–Kier alpha value is -0.570. The zero-order valence-electron chi connectivity index (χ0n) is 11.1. The molecule has 0 unspecified atom stereocenters. The summed E-state index contributed by atoms with van der Waals surface area (Å²) in [4.78, 5) is 11.7. The van der Waals surface area contributed by atoms with Gasteiger partial charge in [-0.2, -0.15) is 0 Å². The predicted octanol–water partition coefficient (Wildman–Crippen LogP) is 2.07. The highest BCUT2D eigenvalue weighted by atomic mass is 16.1. The van der Waals surface area contributed by atoms with Crippen LogP contribution < -0.4 is 10.6 Å². The van der Waals surface area contributed by atoms with Crippen molar-refractivity contribution < 1.29 is 4.79 Å². The summed E-state index contributed by atoms with van der Waals surface area (Å²) in [6, 6.07) is 0. The van der Waals surface area contributed by atoms with Gasteiger partial charge in [-0.15, -0.1) is 0 Å². The molecular weight excluding hydrogens is 212 g/mol. The van der Waals surface area contributed by atoms with Gasteiger partial charge in [0.1, 0.15) is 0 Å². The Morgan fingerprint density at radius 1 is 1.35 bits per heavy atom. The number of amides is 1. The van der Waals surface area contributed by atoms with E-state index < -0.39 is 0 Å². The third-order valence-corrected chi connectivity index (χ3v) is 4.27. The number of nitrogens with one attached hydrogen (secondary N) is 2. The molecule has 0 atom stereocenters. The van der Waals surface area contributed by atoms with Crippen molar-refractivity contribution in [3.63, 3.8) is 0 Å². The molecule has 2 fully saturated rings. The molecule has 2 saturated carbocycles. The SMILES string of the molecule is CCCC1(CNC(=O)CNCC2CC2)CCC1. The van der Waals surface area contributed by atoms with E-state index in [0.717, 1.165) is 19.0 Å². The first-order chi connectivity index (χ1) is 8.24. The molecular formula is C14H26N2O. The first-order valence-corrected chi connectivity index (χ1v) is 7.21. The van der Waals surface area contributed by atoms with Crippen LogP contribution >= 0.6 is 0 Å². The third kappa shape index (κ3) is 3.98. The smallest absolute Gasteiger partial charge is 0.233 e. The Bertz CT molecular complexity index is 257. The third-order valence-electron chi connectivity index (χ3n) is 4.27. The van der Waals surface area contributed by atoms with E-state index in [1.165, 1.54) is 44.9 Å². The molecule has 0 bridgehead atoms. The van der Waals surface area contributed by atoms with Gasteiger partial charge in [-0.25, -0.2) is 0 Å². The summed E-state index contributed by atoms with van der Waals surface area (Å²) in [6.07, 6.45) is 9.13. The van der Waals surface area contributed by atoms with Crippen LogP contribution in [0.4, 0.5) is 0 Å². The van der Waals surface area contributed by atoms with Gasteiger partial charge in [0, 0.05) is 6.54 Å². The summed E-state index contributed by atoms with van der Waals surface area (Å²) >= 11 is 0. The summed E-state index contributed by atoms with van der Waals surface area (Å²) in [6.45, 7) is 4.65. The standard InChI is InChI=1S/C14H26N2O/c1-2-6-14(7-3-8-14)11-16-13(17)10-15-9-12-4-5-12/h12,15H,2-11H2,1H3,(H,16,17). The average Bonchev–Trinajstić information content (AvgIpc) is 3.06. The number of hydrogen-bond donors (Lipinski definition) is 2. The van der Waals surface area contributed by atoms with Crippen LogP contribution in [-0.2, 0) is 4.79 Å². The summed E-state index contributed by atoms with van der Waals surface area (Å²) in [7, 11) is 0. The maximum Gasteiger partial charge on any atom is 0.233 e. The minimum atomic E-state index is 0.174. The quantitative estimate of drug-likeness (QED) is 0.679. The Balaban J connectivity index is 1.57. The number of carbonyl (C=O) groups excluding carboxylic acids is 1. The zero-order valence-corrected chi connectivity index (χ0v) is 11.1. The molecule has 0 aromatic heterocycles. The van der Waals surface area contributed by atoms with Crippen molar-refractivity contribution >= 4 is 5.91 Å². The molecule has 17 heavy (non-hydrogen) atoms. The summed E-state index contributed by atoms with van der Waals surface area (Å²) < 4.78 is 0. The maximum absolute atomic E-state index is 11.7. The van der Waals surface area contributed by atoms with E-state index in [-0.39, 0.29) is 5.91 Å². The lowest BCUT2D eigenvalue weighted by Crippen LogP contribution is -2.44. The molecule has 0 aliphatic heterocycles. The topological polar surface area (TPSA) is 41.1 Å². The van der Waals surface area contributed by atoms with Crippen molar-refractivity contribution in [1.82, 2.24) is 10.6 Å². The van der Waals surface area contributed by atoms with E-state index in [2.05, 4.69) is 17.6 Å². The molecule has 0 aromatic carbocycles. The highest BCUT2D eigenvalue weighted by molar-refractivity contribution is 5.78. The Morgan fingerprint density at radius 3 is 2.65 bits per heavy atom. The molecule has 2 N–H and O–H groups in total. The van der Waals surface area contributed by atoms with Crippen molar-refractivity contribution in [1.29, 1.82) is 0 Å². The van der Waals surface area contributed by atoms with Gasteiger partial charge in [0.05, 0.1) is 6.54 Å². The fraction of sp³-hybridized carbons (Fsp3) is 0.929. The zero-order chi connectivity index (χ0) is 12.1. The van der Waals surface area contributed by atoms with Gasteiger partial charge in [0.2, 0.25) is 5.91 Å². The van der Waals surface area contributed by atoms with Crippen molar-refractivity contribution in [3.05, 3.63) is 0 Å². The first kappa shape index (κ1) is 12.9. The minimum Gasteiger partial charge on any atom is -0.354 e. The predicted molar refractivity (Wildman–Crippen MR) is 69.8 cm³/mol. The highest BCUT2D eigenvalue weighted by Crippen LogP contribution is 2.44. The van der Waals surface area contributed by atoms with Gasteiger partial charge < -0.3 is 10.6 Å². The van der Waals surface area contributed by atoms with Gasteiger partial charge in [-0.3, -0.25) is 4.79 Å². The maximum atomic E-state index is 11.7. The van der Waals surface area contributed by atoms with Gasteiger partial charge in [-0.05, 0) is 50.0 Å². The monoisotopic (exact) mass is 238 g/mol. The molecule has 2 aliphatic rings. The van der Waals surface area contributed by atoms with Gasteiger partial charge in [0.15, 0.2) is 0 Å². The van der Waals surface area contributed by atoms with Crippen LogP contribution in [-0.4, -0.2) is 25.5 Å². The van der Waals surface area contributed by atoms with Crippen molar-refractivity contribution in [2.75, 3.05) is 19.6 Å². The molecule has 3 nitrogen and oxygen atoms in total. The first-order valence-electron chi connectivity index (χ1n) is 7.21. The molecule has 0 spiro atoms. The van der Waals surface area contributed by atoms with E-state index in [1.807, 2.05) is 0 Å². The highest BCUT2D eigenvalue weighted by Gasteiger charge is 2.35. The lowest BCUT2D eigenvalue weighted by atomic mass is 9.66. The van der Waals surface area contributed by atoms with Gasteiger partial charge >= 0.3 is 0 Å². The number of carbonyl (C=O) groups is 1. The van der Waals surface area contributed by atoms with E-state index >= 15 is 0 Å². The lowest BCUT2D eigenvalue weighted by Gasteiger charge is -2.42. The number of hydrogen-bond acceptors (Lipinski definition) is 2. The summed E-state index contributed by atoms with van der Waals surface area (Å²) in [5.41, 5.74) is 0.445. The molecule has 1 amide bonds. The molecule has 0 radical (unpaired) electrons. The van der Waals surface area contributed by atoms with Gasteiger partial charge in [0.25, 0.3) is 0 Å². The van der Waals surface area contributed by atoms with Crippen LogP contribution in [0, 0.1) is 11.3 Å². The van der Waals surface area contributed by atoms with Gasteiger partial charge in [-0.1, -0.05) is 19.8 Å². The van der Waals surface area contributed by atoms with Crippen molar-refractivity contribution in [2.24, 2.45) is 11.3 Å². The van der Waals surface area contributed by atoms with E-state index in [1.54, 1.807) is 0 Å². The van der Waals surface area contributed by atoms with E-state index in [0.29, 0.717) is 12.0 Å². The van der Waals surface area contributed by atoms with Crippen LogP contribution in [0.1, 0.15) is 51.9 Å². The van der Waals surface area contributed by atoms with Crippen LogP contribution in [0.5, 0.6) is 0 Å². The molecule has 98 valence electrons. The Morgan fingerprint density at radius 2 is 2.12 bits per heavy atom. The van der Waals surface area contributed by atoms with Crippen LogP contribution in [0.15, 0.2) is 0 Å². The molecule has 0 aromatic rings. The second kappa shape index (κ2) is 5.85. The lowest BCUT2D eigenvalue weighted by molar-refractivity contribution is -0.121. The molecule has 0 heterocycles. The van der Waals surface area contributed by atoms with Crippen molar-refractivity contribution in [2.45, 2.75) is 51.9 Å². The second-order valence-corrected chi connectivity index (χ2v) is 5.95. The Kier molecular flexibility index (Phi) is 4.43. The largest absolute Gasteiger partial charge is 0.354 e. The average molecular weight is 238 g/mol. The molecule has 2 rings (SSSR count). The van der Waals surface area contributed by atoms with Crippen molar-refractivity contribution in [3.8, 4) is 0 Å². The second-order valence-electron chi connectivity index (χ2n) is 5.95. The normalized spacial score (nSPS) is 21.9. The van der Waals surface area contributed by atoms with Crippen LogP contribution in [0.2, 0.25) is 0 Å². The summed E-state index contributed by atoms with van der Waals surface area (Å²) in [5.74, 6) is 1.02. The minimum absolute atomic E-state index is 0.174. The number of rotatable bonds is 8. The molecule has 3 heteroatoms. The van der Waals surface area contributed by atoms with E-state index in [4.69, 9.17) is 0 Å². The Labute approximate surface area is 105 Å². The fourth-order valence-electron chi connectivity index (χ4n) is 2.78.